The van der Waals surface area contributed by atoms with E-state index >= 15 is 0 Å². The van der Waals surface area contributed by atoms with Gasteiger partial charge in [0.15, 0.2) is 0 Å². The summed E-state index contributed by atoms with van der Waals surface area (Å²) in [6, 6.07) is 8.90. The van der Waals surface area contributed by atoms with Crippen LogP contribution in [0.15, 0.2) is 24.3 Å². The third-order valence-corrected chi connectivity index (χ3v) is 3.54. The Balaban J connectivity index is 1.66. The van der Waals surface area contributed by atoms with Gasteiger partial charge in [0, 0.05) is 19.6 Å². The first-order valence-electron chi connectivity index (χ1n) is 5.59. The van der Waals surface area contributed by atoms with Crippen LogP contribution in [-0.2, 0) is 6.54 Å². The lowest BCUT2D eigenvalue weighted by molar-refractivity contribution is 0.297. The van der Waals surface area contributed by atoms with Crippen LogP contribution in [-0.4, -0.2) is 18.0 Å². The van der Waals surface area contributed by atoms with E-state index in [0.29, 0.717) is 0 Å². The fourth-order valence-electron chi connectivity index (χ4n) is 2.69. The van der Waals surface area contributed by atoms with Gasteiger partial charge in [-0.2, -0.15) is 0 Å². The van der Waals surface area contributed by atoms with E-state index in [1.54, 1.807) is 0 Å². The number of hydrogen-bond acceptors (Lipinski definition) is 1. The van der Waals surface area contributed by atoms with Crippen LogP contribution in [0.2, 0.25) is 0 Å². The molecule has 1 saturated carbocycles. The van der Waals surface area contributed by atoms with Crippen molar-refractivity contribution in [2.45, 2.75) is 19.9 Å². The lowest BCUT2D eigenvalue weighted by Gasteiger charge is -2.17. The van der Waals surface area contributed by atoms with Gasteiger partial charge in [-0.15, -0.1) is 0 Å². The number of rotatable bonds is 2. The highest BCUT2D eigenvalue weighted by Crippen LogP contribution is 2.45. The Morgan fingerprint density at radius 3 is 2.79 bits per heavy atom. The average molecular weight is 187 g/mol. The van der Waals surface area contributed by atoms with Crippen molar-refractivity contribution in [2.75, 3.05) is 13.1 Å². The van der Waals surface area contributed by atoms with E-state index in [-0.39, 0.29) is 0 Å². The molecule has 1 aliphatic carbocycles. The fourth-order valence-corrected chi connectivity index (χ4v) is 2.69. The maximum atomic E-state index is 2.60. The molecule has 0 bridgehead atoms. The summed E-state index contributed by atoms with van der Waals surface area (Å²) in [7, 11) is 0. The van der Waals surface area contributed by atoms with E-state index in [1.165, 1.54) is 30.6 Å². The molecule has 2 atom stereocenters. The normalized spacial score (nSPS) is 30.4. The topological polar surface area (TPSA) is 3.24 Å². The predicted molar refractivity (Wildman–Crippen MR) is 58.1 cm³/mol. The first-order chi connectivity index (χ1) is 6.81. The first-order valence-corrected chi connectivity index (χ1v) is 5.59. The smallest absolute Gasteiger partial charge is 0.0234 e. The number of likely N-dealkylation sites (tertiary alicyclic amines) is 1. The molecule has 1 nitrogen and oxygen atoms in total. The van der Waals surface area contributed by atoms with Gasteiger partial charge in [0.25, 0.3) is 0 Å². The number of piperidine rings is 1. The van der Waals surface area contributed by atoms with Gasteiger partial charge >= 0.3 is 0 Å². The van der Waals surface area contributed by atoms with E-state index < -0.39 is 0 Å². The summed E-state index contributed by atoms with van der Waals surface area (Å²) in [6.45, 7) is 6.02. The highest BCUT2D eigenvalue weighted by atomic mass is 15.2. The molecule has 1 aromatic carbocycles. The Morgan fingerprint density at radius 1 is 1.29 bits per heavy atom. The Morgan fingerprint density at radius 2 is 2.07 bits per heavy atom. The van der Waals surface area contributed by atoms with Gasteiger partial charge in [0.05, 0.1) is 0 Å². The number of nitrogens with zero attached hydrogens (tertiary/aromatic N) is 1. The molecule has 1 saturated heterocycles. The van der Waals surface area contributed by atoms with Crippen molar-refractivity contribution in [3.8, 4) is 0 Å². The minimum absolute atomic E-state index is 1.06. The molecule has 0 spiro atoms. The molecule has 3 rings (SSSR count). The van der Waals surface area contributed by atoms with Crippen LogP contribution >= 0.6 is 0 Å². The second kappa shape index (κ2) is 3.09. The summed E-state index contributed by atoms with van der Waals surface area (Å²) < 4.78 is 0. The number of hydrogen-bond donors (Lipinski definition) is 0. The van der Waals surface area contributed by atoms with E-state index in [2.05, 4.69) is 36.1 Å². The number of benzene rings is 1. The zero-order valence-electron chi connectivity index (χ0n) is 8.74. The van der Waals surface area contributed by atoms with Gasteiger partial charge in [-0.3, -0.25) is 4.90 Å². The predicted octanol–water partition coefficient (Wildman–Crippen LogP) is 2.45. The minimum atomic E-state index is 1.06. The van der Waals surface area contributed by atoms with Gasteiger partial charge in [-0.05, 0) is 30.7 Å². The summed E-state index contributed by atoms with van der Waals surface area (Å²) >= 11 is 0. The molecule has 1 aliphatic heterocycles. The molecule has 1 heterocycles. The van der Waals surface area contributed by atoms with Gasteiger partial charge in [0.2, 0.25) is 0 Å². The lowest BCUT2D eigenvalue weighted by Crippen LogP contribution is -2.21. The minimum Gasteiger partial charge on any atom is -0.299 e. The van der Waals surface area contributed by atoms with Crippen LogP contribution in [0.25, 0.3) is 0 Å². The van der Waals surface area contributed by atoms with Crippen molar-refractivity contribution in [3.63, 3.8) is 0 Å². The van der Waals surface area contributed by atoms with Gasteiger partial charge < -0.3 is 0 Å². The third kappa shape index (κ3) is 1.57. The van der Waals surface area contributed by atoms with Crippen molar-refractivity contribution in [1.82, 2.24) is 4.90 Å². The van der Waals surface area contributed by atoms with E-state index in [1.807, 2.05) is 0 Å². The molecule has 2 fully saturated rings. The summed E-state index contributed by atoms with van der Waals surface area (Å²) in [5.41, 5.74) is 2.86. The van der Waals surface area contributed by atoms with Gasteiger partial charge in [0.1, 0.15) is 0 Å². The SMILES string of the molecule is Cc1cccc(CN2CC3CC3C2)c1. The summed E-state index contributed by atoms with van der Waals surface area (Å²) in [4.78, 5) is 2.60. The third-order valence-electron chi connectivity index (χ3n) is 3.54. The lowest BCUT2D eigenvalue weighted by atomic mass is 10.1. The van der Waals surface area contributed by atoms with Crippen LogP contribution in [0.4, 0.5) is 0 Å². The quantitative estimate of drug-likeness (QED) is 0.687. The summed E-state index contributed by atoms with van der Waals surface area (Å²) in [6.07, 6.45) is 1.50. The van der Waals surface area contributed by atoms with Crippen molar-refractivity contribution < 1.29 is 0 Å². The summed E-state index contributed by atoms with van der Waals surface area (Å²) in [5, 5.41) is 0. The number of aryl methyl sites for hydroxylation is 1. The standard InChI is InChI=1S/C13H17N/c1-10-3-2-4-11(5-10)7-14-8-12-6-13(12)9-14/h2-5,12-13H,6-9H2,1H3. The molecular weight excluding hydrogens is 170 g/mol. The van der Waals surface area contributed by atoms with Crippen LogP contribution < -0.4 is 0 Å². The van der Waals surface area contributed by atoms with Crippen LogP contribution in [0.1, 0.15) is 17.5 Å². The van der Waals surface area contributed by atoms with Crippen molar-refractivity contribution >= 4 is 0 Å². The van der Waals surface area contributed by atoms with E-state index in [0.717, 1.165) is 18.4 Å². The average Bonchev–Trinajstić information content (AvgIpc) is 2.74. The molecule has 0 N–H and O–H groups in total. The molecule has 74 valence electrons. The molecule has 1 aromatic rings. The monoisotopic (exact) mass is 187 g/mol. The van der Waals surface area contributed by atoms with Crippen LogP contribution in [0.3, 0.4) is 0 Å². The van der Waals surface area contributed by atoms with Crippen molar-refractivity contribution in [1.29, 1.82) is 0 Å². The molecule has 2 aliphatic rings. The first kappa shape index (κ1) is 8.49. The second-order valence-corrected chi connectivity index (χ2v) is 4.94. The molecular formula is C13H17N. The van der Waals surface area contributed by atoms with Crippen LogP contribution in [0, 0.1) is 18.8 Å². The van der Waals surface area contributed by atoms with Gasteiger partial charge in [-0.25, -0.2) is 0 Å². The molecule has 2 unspecified atom stereocenters. The second-order valence-electron chi connectivity index (χ2n) is 4.94. The Labute approximate surface area is 85.7 Å². The maximum absolute atomic E-state index is 2.60. The zero-order valence-corrected chi connectivity index (χ0v) is 8.74. The Hall–Kier alpha value is -0.820. The van der Waals surface area contributed by atoms with Crippen molar-refractivity contribution in [2.24, 2.45) is 11.8 Å². The van der Waals surface area contributed by atoms with Crippen LogP contribution in [0.5, 0.6) is 0 Å². The largest absolute Gasteiger partial charge is 0.299 e. The highest BCUT2D eigenvalue weighted by molar-refractivity contribution is 5.22. The number of fused-ring (bicyclic) bond motifs is 1. The summed E-state index contributed by atoms with van der Waals surface area (Å²) in [5.74, 6) is 2.11. The van der Waals surface area contributed by atoms with E-state index in [4.69, 9.17) is 0 Å². The fraction of sp³-hybridized carbons (Fsp3) is 0.538. The van der Waals surface area contributed by atoms with Crippen molar-refractivity contribution in [3.05, 3.63) is 35.4 Å². The van der Waals surface area contributed by atoms with Gasteiger partial charge in [-0.1, -0.05) is 29.8 Å². The molecule has 14 heavy (non-hydrogen) atoms. The molecule has 0 radical (unpaired) electrons. The zero-order chi connectivity index (χ0) is 9.54. The molecule has 0 aromatic heterocycles. The molecule has 0 amide bonds. The maximum Gasteiger partial charge on any atom is 0.0234 e. The molecule has 1 heteroatoms. The Bertz CT molecular complexity index is 335. The van der Waals surface area contributed by atoms with E-state index in [9.17, 15) is 0 Å². The Kier molecular flexibility index (Phi) is 1.88. The highest BCUT2D eigenvalue weighted by Gasteiger charge is 2.44.